The topological polar surface area (TPSA) is 36.9 Å². The lowest BCUT2D eigenvalue weighted by molar-refractivity contribution is 0.0415. The second kappa shape index (κ2) is 7.62. The van der Waals surface area contributed by atoms with E-state index in [1.807, 2.05) is 12.1 Å². The summed E-state index contributed by atoms with van der Waals surface area (Å²) in [6.45, 7) is 4.20. The zero-order chi connectivity index (χ0) is 19.6. The Labute approximate surface area is 163 Å². The van der Waals surface area contributed by atoms with E-state index in [2.05, 4.69) is 33.9 Å². The summed E-state index contributed by atoms with van der Waals surface area (Å²) in [5, 5.41) is 2.94. The maximum Gasteiger partial charge on any atom is 0.289 e. The first kappa shape index (κ1) is 18.5. The summed E-state index contributed by atoms with van der Waals surface area (Å²) in [5.74, 6) is -0.277. The van der Waals surface area contributed by atoms with Crippen molar-refractivity contribution >= 4 is 6.02 Å². The summed E-state index contributed by atoms with van der Waals surface area (Å²) in [6.07, 6.45) is 2.36. The van der Waals surface area contributed by atoms with Crippen LogP contribution >= 0.6 is 0 Å². The fraction of sp³-hybridized carbons (Fsp3) is 0.318. The van der Waals surface area contributed by atoms with Crippen LogP contribution in [-0.2, 0) is 11.2 Å². The number of ether oxygens (including phenoxy) is 1. The number of hydrogen-bond donors (Lipinski definition) is 1. The number of aliphatic imine (C=N–C) groups is 1. The minimum atomic E-state index is -1.02. The van der Waals surface area contributed by atoms with Gasteiger partial charge in [0.1, 0.15) is 12.5 Å². The average molecular weight is 383 g/mol. The number of rotatable bonds is 5. The van der Waals surface area contributed by atoms with E-state index in [0.29, 0.717) is 19.1 Å². The summed E-state index contributed by atoms with van der Waals surface area (Å²) in [6, 6.07) is 15.0. The number of benzene rings is 2. The Hall–Kier alpha value is -2.89. The van der Waals surface area contributed by atoms with Crippen LogP contribution in [0.5, 0.6) is 0 Å². The van der Waals surface area contributed by atoms with Gasteiger partial charge < -0.3 is 15.0 Å². The van der Waals surface area contributed by atoms with Crippen LogP contribution in [0, 0.1) is 5.82 Å². The highest BCUT2D eigenvalue weighted by Gasteiger charge is 2.42. The lowest BCUT2D eigenvalue weighted by atomic mass is 9.88. The van der Waals surface area contributed by atoms with Gasteiger partial charge in [-0.2, -0.15) is 0 Å². The molecule has 2 heterocycles. The fourth-order valence-corrected chi connectivity index (χ4v) is 3.86. The van der Waals surface area contributed by atoms with E-state index < -0.39 is 12.3 Å². The minimum Gasteiger partial charge on any atom is -0.452 e. The van der Waals surface area contributed by atoms with Gasteiger partial charge in [-0.3, -0.25) is 0 Å². The molecule has 4 rings (SSSR count). The standard InChI is InChI=1S/C22H23F2N3O/c1-2-25-14-22(13-23)15-26-21(28-22)27-12-11-16-5-3-4-6-19(16)20(27)17-7-9-18(24)10-8-17/h2-10,20,25H,1,11-15H2/t20-,22-/m0/s1. The van der Waals surface area contributed by atoms with E-state index in [4.69, 9.17) is 4.74 Å². The molecule has 0 saturated heterocycles. The molecular weight excluding hydrogens is 360 g/mol. The van der Waals surface area contributed by atoms with Crippen molar-refractivity contribution in [3.63, 3.8) is 0 Å². The molecule has 2 atom stereocenters. The van der Waals surface area contributed by atoms with E-state index in [1.165, 1.54) is 23.9 Å². The smallest absolute Gasteiger partial charge is 0.289 e. The second-order valence-corrected chi connectivity index (χ2v) is 7.20. The largest absolute Gasteiger partial charge is 0.452 e. The van der Waals surface area contributed by atoms with Crippen molar-refractivity contribution in [1.82, 2.24) is 10.2 Å². The molecular formula is C22H23F2N3O. The highest BCUT2D eigenvalue weighted by molar-refractivity contribution is 5.78. The highest BCUT2D eigenvalue weighted by Crippen LogP contribution is 2.37. The van der Waals surface area contributed by atoms with Crippen molar-refractivity contribution in [3.05, 3.63) is 83.8 Å². The molecule has 0 amide bonds. The molecule has 2 aliphatic heterocycles. The van der Waals surface area contributed by atoms with Crippen molar-refractivity contribution in [2.75, 3.05) is 26.3 Å². The molecule has 0 aliphatic carbocycles. The molecule has 0 bridgehead atoms. The van der Waals surface area contributed by atoms with Gasteiger partial charge in [-0.1, -0.05) is 43.0 Å². The second-order valence-electron chi connectivity index (χ2n) is 7.20. The number of nitrogens with one attached hydrogen (secondary N) is 1. The van der Waals surface area contributed by atoms with Crippen molar-refractivity contribution in [2.45, 2.75) is 18.1 Å². The third kappa shape index (κ3) is 3.35. The maximum atomic E-state index is 13.8. The summed E-state index contributed by atoms with van der Waals surface area (Å²) in [7, 11) is 0. The molecule has 2 aromatic rings. The minimum absolute atomic E-state index is 0.160. The number of halogens is 2. The van der Waals surface area contributed by atoms with Crippen LogP contribution in [0.1, 0.15) is 22.7 Å². The first-order chi connectivity index (χ1) is 13.7. The quantitative estimate of drug-likeness (QED) is 0.857. The van der Waals surface area contributed by atoms with E-state index in [1.54, 1.807) is 12.1 Å². The van der Waals surface area contributed by atoms with Crippen LogP contribution in [-0.4, -0.2) is 42.8 Å². The lowest BCUT2D eigenvalue weighted by Gasteiger charge is -2.39. The third-order valence-corrected chi connectivity index (χ3v) is 5.34. The van der Waals surface area contributed by atoms with Gasteiger partial charge in [-0.05, 0) is 41.4 Å². The predicted octanol–water partition coefficient (Wildman–Crippen LogP) is 3.60. The molecule has 0 saturated carbocycles. The van der Waals surface area contributed by atoms with E-state index in [9.17, 15) is 8.78 Å². The van der Waals surface area contributed by atoms with Gasteiger partial charge >= 0.3 is 0 Å². The summed E-state index contributed by atoms with van der Waals surface area (Å²) < 4.78 is 33.3. The van der Waals surface area contributed by atoms with Crippen LogP contribution < -0.4 is 5.32 Å². The highest BCUT2D eigenvalue weighted by atomic mass is 19.1. The Kier molecular flexibility index (Phi) is 5.03. The molecule has 0 spiro atoms. The van der Waals surface area contributed by atoms with Crippen LogP contribution in [0.25, 0.3) is 0 Å². The van der Waals surface area contributed by atoms with Gasteiger partial charge in [0.05, 0.1) is 19.1 Å². The molecule has 2 aliphatic rings. The molecule has 4 nitrogen and oxygen atoms in total. The Morgan fingerprint density at radius 3 is 2.79 bits per heavy atom. The first-order valence-corrected chi connectivity index (χ1v) is 9.39. The molecule has 0 radical (unpaired) electrons. The summed E-state index contributed by atoms with van der Waals surface area (Å²) in [5.41, 5.74) is 2.31. The SMILES string of the molecule is C=CNC[C@@]1(CF)CN=C(N2CCc3ccccc3[C@@H]2c2ccc(F)cc2)O1. The van der Waals surface area contributed by atoms with Gasteiger partial charge in [0.25, 0.3) is 6.02 Å². The number of fused-ring (bicyclic) bond motifs is 1. The Balaban J connectivity index is 1.68. The summed E-state index contributed by atoms with van der Waals surface area (Å²) in [4.78, 5) is 6.59. The molecule has 0 fully saturated rings. The predicted molar refractivity (Wildman–Crippen MR) is 105 cm³/mol. The van der Waals surface area contributed by atoms with Crippen LogP contribution in [0.4, 0.5) is 8.78 Å². The van der Waals surface area contributed by atoms with Gasteiger partial charge in [0.2, 0.25) is 0 Å². The number of alkyl halides is 1. The average Bonchev–Trinajstić information content (AvgIpc) is 3.17. The summed E-state index contributed by atoms with van der Waals surface area (Å²) >= 11 is 0. The van der Waals surface area contributed by atoms with Crippen LogP contribution in [0.3, 0.4) is 0 Å². The molecule has 6 heteroatoms. The maximum absolute atomic E-state index is 13.8. The van der Waals surface area contributed by atoms with Crippen molar-refractivity contribution < 1.29 is 13.5 Å². The first-order valence-electron chi connectivity index (χ1n) is 9.39. The Bertz CT molecular complexity index is 884. The Morgan fingerprint density at radius 2 is 2.04 bits per heavy atom. The monoisotopic (exact) mass is 383 g/mol. The number of hydrogen-bond acceptors (Lipinski definition) is 4. The molecule has 0 aromatic heterocycles. The van der Waals surface area contributed by atoms with Gasteiger partial charge in [-0.15, -0.1) is 0 Å². The molecule has 28 heavy (non-hydrogen) atoms. The van der Waals surface area contributed by atoms with Gasteiger partial charge in [-0.25, -0.2) is 13.8 Å². The van der Waals surface area contributed by atoms with E-state index >= 15 is 0 Å². The zero-order valence-corrected chi connectivity index (χ0v) is 15.6. The normalized spacial score (nSPS) is 23.6. The van der Waals surface area contributed by atoms with E-state index in [-0.39, 0.29) is 18.4 Å². The lowest BCUT2D eigenvalue weighted by Crippen LogP contribution is -2.48. The van der Waals surface area contributed by atoms with Gasteiger partial charge in [0, 0.05) is 6.54 Å². The van der Waals surface area contributed by atoms with Crippen LogP contribution in [0.2, 0.25) is 0 Å². The fourth-order valence-electron chi connectivity index (χ4n) is 3.86. The number of amidine groups is 1. The third-order valence-electron chi connectivity index (χ3n) is 5.34. The van der Waals surface area contributed by atoms with E-state index in [0.717, 1.165) is 17.5 Å². The van der Waals surface area contributed by atoms with Crippen molar-refractivity contribution in [2.24, 2.45) is 4.99 Å². The molecule has 0 unspecified atom stereocenters. The molecule has 2 aromatic carbocycles. The van der Waals surface area contributed by atoms with Crippen molar-refractivity contribution in [1.29, 1.82) is 0 Å². The molecule has 1 N–H and O–H groups in total. The van der Waals surface area contributed by atoms with Gasteiger partial charge in [0.15, 0.2) is 5.60 Å². The molecule has 146 valence electrons. The number of nitrogens with zero attached hydrogens (tertiary/aromatic N) is 2. The Morgan fingerprint density at radius 1 is 1.25 bits per heavy atom. The zero-order valence-electron chi connectivity index (χ0n) is 15.6. The van der Waals surface area contributed by atoms with Crippen molar-refractivity contribution in [3.8, 4) is 0 Å². The van der Waals surface area contributed by atoms with Crippen LogP contribution in [0.15, 0.2) is 66.3 Å².